The van der Waals surface area contributed by atoms with E-state index < -0.39 is 10.0 Å². The van der Waals surface area contributed by atoms with Gasteiger partial charge in [-0.25, -0.2) is 12.7 Å². The molecule has 9 nitrogen and oxygen atoms in total. The van der Waals surface area contributed by atoms with Crippen LogP contribution in [0.5, 0.6) is 0 Å². The SMILES string of the molecule is Cc1noc(C2CC3(CCN(S(C)(=O)=O)CC3)CN2CC(=O)N(C)Cc2ccccc2)n1. The van der Waals surface area contributed by atoms with Crippen molar-refractivity contribution in [3.63, 3.8) is 0 Å². The van der Waals surface area contributed by atoms with Crippen LogP contribution >= 0.6 is 0 Å². The molecule has 2 fully saturated rings. The molecule has 1 amide bonds. The second kappa shape index (κ2) is 8.92. The van der Waals surface area contributed by atoms with E-state index in [1.54, 1.807) is 16.1 Å². The van der Waals surface area contributed by atoms with Crippen LogP contribution in [-0.4, -0.2) is 78.1 Å². The Balaban J connectivity index is 1.48. The molecule has 3 heterocycles. The molecule has 0 saturated carbocycles. The Morgan fingerprint density at radius 1 is 1.25 bits per heavy atom. The number of sulfonamides is 1. The molecule has 1 aromatic carbocycles. The Labute approximate surface area is 189 Å². The summed E-state index contributed by atoms with van der Waals surface area (Å²) < 4.78 is 30.9. The summed E-state index contributed by atoms with van der Waals surface area (Å²) in [5, 5.41) is 3.95. The highest BCUT2D eigenvalue weighted by molar-refractivity contribution is 7.88. The largest absolute Gasteiger partial charge is 0.340 e. The molecular weight excluding hydrogens is 430 g/mol. The molecule has 1 spiro atoms. The van der Waals surface area contributed by atoms with Gasteiger partial charge in [-0.3, -0.25) is 9.69 Å². The van der Waals surface area contributed by atoms with Crippen molar-refractivity contribution in [2.75, 3.05) is 39.5 Å². The number of benzene rings is 1. The number of carbonyl (C=O) groups excluding carboxylic acids is 1. The monoisotopic (exact) mass is 461 g/mol. The molecule has 1 aromatic heterocycles. The van der Waals surface area contributed by atoms with Crippen molar-refractivity contribution in [1.29, 1.82) is 0 Å². The van der Waals surface area contributed by atoms with Crippen LogP contribution in [0.4, 0.5) is 0 Å². The molecule has 174 valence electrons. The maximum absolute atomic E-state index is 13.1. The summed E-state index contributed by atoms with van der Waals surface area (Å²) >= 11 is 0. The zero-order chi connectivity index (χ0) is 22.9. The number of likely N-dealkylation sites (tertiary alicyclic amines) is 1. The predicted octanol–water partition coefficient (Wildman–Crippen LogP) is 1.83. The molecular formula is C22H31N5O4S. The first-order chi connectivity index (χ1) is 15.2. The van der Waals surface area contributed by atoms with Crippen molar-refractivity contribution in [2.45, 2.75) is 38.8 Å². The van der Waals surface area contributed by atoms with Crippen molar-refractivity contribution in [2.24, 2.45) is 5.41 Å². The number of carbonyl (C=O) groups is 1. The Hall–Kier alpha value is -2.30. The van der Waals surface area contributed by atoms with Crippen molar-refractivity contribution in [1.82, 2.24) is 24.2 Å². The van der Waals surface area contributed by atoms with E-state index >= 15 is 0 Å². The first-order valence-electron chi connectivity index (χ1n) is 10.9. The molecule has 1 atom stereocenters. The lowest BCUT2D eigenvalue weighted by Crippen LogP contribution is -2.44. The standard InChI is InChI=1S/C22H31N5O4S/c1-17-23-21(31-24-17)19-13-22(9-11-27(12-10-22)32(3,29)30)16-26(19)15-20(28)25(2)14-18-7-5-4-6-8-18/h4-8,19H,9-16H2,1-3H3. The Bertz CT molecular complexity index is 1050. The summed E-state index contributed by atoms with van der Waals surface area (Å²) in [7, 11) is -1.37. The number of hydrogen-bond donors (Lipinski definition) is 0. The molecule has 1 unspecified atom stereocenters. The lowest BCUT2D eigenvalue weighted by Gasteiger charge is -2.38. The van der Waals surface area contributed by atoms with Gasteiger partial charge < -0.3 is 9.42 Å². The topological polar surface area (TPSA) is 99.8 Å². The van der Waals surface area contributed by atoms with E-state index in [1.807, 2.05) is 37.4 Å². The summed E-state index contributed by atoms with van der Waals surface area (Å²) in [6.07, 6.45) is 3.56. The molecule has 2 aliphatic rings. The number of hydrogen-bond acceptors (Lipinski definition) is 7. The van der Waals surface area contributed by atoms with Crippen molar-refractivity contribution >= 4 is 15.9 Å². The van der Waals surface area contributed by atoms with Crippen molar-refractivity contribution in [3.05, 3.63) is 47.6 Å². The van der Waals surface area contributed by atoms with Crippen LogP contribution in [0.3, 0.4) is 0 Å². The van der Waals surface area contributed by atoms with E-state index in [-0.39, 0.29) is 23.9 Å². The number of nitrogens with zero attached hydrogens (tertiary/aromatic N) is 5. The summed E-state index contributed by atoms with van der Waals surface area (Å²) in [5.41, 5.74) is 1.02. The third kappa shape index (κ3) is 5.02. The molecule has 0 bridgehead atoms. The van der Waals surface area contributed by atoms with Gasteiger partial charge in [-0.2, -0.15) is 4.98 Å². The van der Waals surface area contributed by atoms with E-state index in [9.17, 15) is 13.2 Å². The van der Waals surface area contributed by atoms with Crippen LogP contribution in [0.2, 0.25) is 0 Å². The smallest absolute Gasteiger partial charge is 0.244 e. The van der Waals surface area contributed by atoms with Crippen LogP contribution in [0, 0.1) is 12.3 Å². The minimum atomic E-state index is -3.19. The fraction of sp³-hybridized carbons (Fsp3) is 0.591. The predicted molar refractivity (Wildman–Crippen MR) is 119 cm³/mol. The molecule has 10 heteroatoms. The van der Waals surface area contributed by atoms with Crippen LogP contribution < -0.4 is 0 Å². The third-order valence-electron chi connectivity index (χ3n) is 6.71. The maximum atomic E-state index is 13.1. The normalized spacial score (nSPS) is 21.8. The molecule has 2 saturated heterocycles. The maximum Gasteiger partial charge on any atom is 0.244 e. The Morgan fingerprint density at radius 3 is 2.53 bits per heavy atom. The van der Waals surface area contributed by atoms with Gasteiger partial charge in [0.15, 0.2) is 5.82 Å². The van der Waals surface area contributed by atoms with Gasteiger partial charge in [-0.15, -0.1) is 0 Å². The Morgan fingerprint density at radius 2 is 1.94 bits per heavy atom. The number of aromatic nitrogens is 2. The quantitative estimate of drug-likeness (QED) is 0.647. The molecule has 4 rings (SSSR count). The zero-order valence-electron chi connectivity index (χ0n) is 18.9. The lowest BCUT2D eigenvalue weighted by molar-refractivity contribution is -0.132. The second-order valence-corrected chi connectivity index (χ2v) is 11.2. The summed E-state index contributed by atoms with van der Waals surface area (Å²) in [6, 6.07) is 9.77. The molecule has 0 aliphatic carbocycles. The van der Waals surface area contributed by atoms with E-state index in [0.717, 1.165) is 24.8 Å². The van der Waals surface area contributed by atoms with Crippen LogP contribution in [0.25, 0.3) is 0 Å². The first-order valence-corrected chi connectivity index (χ1v) is 12.8. The summed E-state index contributed by atoms with van der Waals surface area (Å²) in [4.78, 5) is 21.4. The molecule has 2 aromatic rings. The van der Waals surface area contributed by atoms with E-state index in [4.69, 9.17) is 4.52 Å². The highest BCUT2D eigenvalue weighted by Crippen LogP contribution is 2.48. The summed E-state index contributed by atoms with van der Waals surface area (Å²) in [5.74, 6) is 1.13. The van der Waals surface area contributed by atoms with Gasteiger partial charge in [0.25, 0.3) is 0 Å². The second-order valence-electron chi connectivity index (χ2n) is 9.20. The summed E-state index contributed by atoms with van der Waals surface area (Å²) in [6.45, 7) is 4.31. The van der Waals surface area contributed by atoms with Gasteiger partial charge in [0, 0.05) is 33.2 Å². The van der Waals surface area contributed by atoms with Gasteiger partial charge in [-0.1, -0.05) is 35.5 Å². The highest BCUT2D eigenvalue weighted by Gasteiger charge is 2.49. The number of aryl methyl sites for hydroxylation is 1. The van der Waals surface area contributed by atoms with Crippen LogP contribution in [0.1, 0.15) is 42.6 Å². The Kier molecular flexibility index (Phi) is 6.37. The number of rotatable bonds is 6. The molecule has 32 heavy (non-hydrogen) atoms. The zero-order valence-corrected chi connectivity index (χ0v) is 19.7. The van der Waals surface area contributed by atoms with Gasteiger partial charge >= 0.3 is 0 Å². The fourth-order valence-corrected chi connectivity index (χ4v) is 5.74. The van der Waals surface area contributed by atoms with Crippen molar-refractivity contribution in [3.8, 4) is 0 Å². The van der Waals surface area contributed by atoms with E-state index in [0.29, 0.717) is 37.9 Å². The highest BCUT2D eigenvalue weighted by atomic mass is 32.2. The van der Waals surface area contributed by atoms with E-state index in [2.05, 4.69) is 15.0 Å². The van der Waals surface area contributed by atoms with Gasteiger partial charge in [-0.05, 0) is 37.2 Å². The number of amides is 1. The number of piperidine rings is 1. The number of likely N-dealkylation sites (N-methyl/N-ethyl adjacent to an activating group) is 1. The molecule has 0 N–H and O–H groups in total. The third-order valence-corrected chi connectivity index (χ3v) is 8.02. The fourth-order valence-electron chi connectivity index (χ4n) is 4.90. The minimum Gasteiger partial charge on any atom is -0.340 e. The average molecular weight is 462 g/mol. The van der Waals surface area contributed by atoms with E-state index in [1.165, 1.54) is 6.26 Å². The molecule has 2 aliphatic heterocycles. The lowest BCUT2D eigenvalue weighted by atomic mass is 9.77. The van der Waals surface area contributed by atoms with Crippen molar-refractivity contribution < 1.29 is 17.7 Å². The van der Waals surface area contributed by atoms with Crippen LogP contribution in [0.15, 0.2) is 34.9 Å². The molecule has 0 radical (unpaired) electrons. The minimum absolute atomic E-state index is 0.0284. The first kappa shape index (κ1) is 22.9. The van der Waals surface area contributed by atoms with Gasteiger partial charge in [0.05, 0.1) is 18.8 Å². The van der Waals surface area contributed by atoms with Crippen LogP contribution in [-0.2, 0) is 21.4 Å². The van der Waals surface area contributed by atoms with Gasteiger partial charge in [0.2, 0.25) is 21.8 Å². The average Bonchev–Trinajstić information content (AvgIpc) is 3.32. The van der Waals surface area contributed by atoms with Gasteiger partial charge in [0.1, 0.15) is 0 Å².